The standard InChI is InChI=1S/C15H14ClNO2/c1-19-14-8-3-2-6-11(14)10-12(16)15(18)13-7-4-5-9-17-13/h2-9,12H,10H2,1H3. The van der Waals surface area contributed by atoms with Gasteiger partial charge in [0.25, 0.3) is 0 Å². The molecule has 0 radical (unpaired) electrons. The average Bonchev–Trinajstić information content (AvgIpc) is 2.48. The lowest BCUT2D eigenvalue weighted by atomic mass is 10.0. The molecule has 0 aliphatic rings. The summed E-state index contributed by atoms with van der Waals surface area (Å²) in [6.45, 7) is 0. The molecule has 1 aromatic carbocycles. The Morgan fingerprint density at radius 3 is 2.68 bits per heavy atom. The maximum Gasteiger partial charge on any atom is 0.199 e. The molecule has 0 aliphatic carbocycles. The molecule has 2 rings (SSSR count). The molecule has 0 bridgehead atoms. The number of hydrogen-bond donors (Lipinski definition) is 0. The molecular weight excluding hydrogens is 262 g/mol. The molecule has 19 heavy (non-hydrogen) atoms. The molecule has 1 unspecified atom stereocenters. The van der Waals surface area contributed by atoms with E-state index in [0.717, 1.165) is 11.3 Å². The van der Waals surface area contributed by atoms with Gasteiger partial charge in [-0.2, -0.15) is 0 Å². The Kier molecular flexibility index (Phi) is 4.53. The SMILES string of the molecule is COc1ccccc1CC(Cl)C(=O)c1ccccn1. The highest BCUT2D eigenvalue weighted by molar-refractivity contribution is 6.33. The van der Waals surface area contributed by atoms with Gasteiger partial charge in [0, 0.05) is 6.20 Å². The molecule has 0 amide bonds. The Morgan fingerprint density at radius 1 is 1.26 bits per heavy atom. The van der Waals surface area contributed by atoms with Crippen molar-refractivity contribution in [3.05, 3.63) is 59.9 Å². The van der Waals surface area contributed by atoms with Crippen LogP contribution in [-0.4, -0.2) is 23.3 Å². The first kappa shape index (κ1) is 13.6. The summed E-state index contributed by atoms with van der Waals surface area (Å²) in [5.41, 5.74) is 1.30. The number of para-hydroxylation sites is 1. The van der Waals surface area contributed by atoms with E-state index in [1.54, 1.807) is 31.5 Å². The summed E-state index contributed by atoms with van der Waals surface area (Å²) in [5, 5.41) is -0.647. The van der Waals surface area contributed by atoms with Gasteiger partial charge in [-0.05, 0) is 30.2 Å². The number of alkyl halides is 1. The molecule has 2 aromatic rings. The first-order valence-electron chi connectivity index (χ1n) is 5.93. The maximum atomic E-state index is 12.1. The minimum atomic E-state index is -0.647. The van der Waals surface area contributed by atoms with E-state index in [9.17, 15) is 4.79 Å². The second-order valence-corrected chi connectivity index (χ2v) is 4.59. The van der Waals surface area contributed by atoms with Crippen LogP contribution in [0.15, 0.2) is 48.7 Å². The molecule has 0 aliphatic heterocycles. The Hall–Kier alpha value is -1.87. The Morgan fingerprint density at radius 2 is 2.00 bits per heavy atom. The number of pyridine rings is 1. The van der Waals surface area contributed by atoms with E-state index in [1.165, 1.54) is 0 Å². The number of nitrogens with zero attached hydrogens (tertiary/aromatic N) is 1. The lowest BCUT2D eigenvalue weighted by Gasteiger charge is -2.11. The van der Waals surface area contributed by atoms with Gasteiger partial charge in [-0.15, -0.1) is 11.6 Å². The van der Waals surface area contributed by atoms with Gasteiger partial charge in [0.15, 0.2) is 5.78 Å². The fraction of sp³-hybridized carbons (Fsp3) is 0.200. The predicted molar refractivity (Wildman–Crippen MR) is 74.9 cm³/mol. The highest BCUT2D eigenvalue weighted by atomic mass is 35.5. The second kappa shape index (κ2) is 6.34. The Balaban J connectivity index is 2.13. The third kappa shape index (κ3) is 3.32. The molecule has 1 aromatic heterocycles. The highest BCUT2D eigenvalue weighted by Crippen LogP contribution is 2.21. The summed E-state index contributed by atoms with van der Waals surface area (Å²) in [5.74, 6) is 0.565. The predicted octanol–water partition coefficient (Wildman–Crippen LogP) is 3.12. The quantitative estimate of drug-likeness (QED) is 0.622. The third-order valence-electron chi connectivity index (χ3n) is 2.79. The van der Waals surface area contributed by atoms with Crippen LogP contribution in [0.3, 0.4) is 0 Å². The van der Waals surface area contributed by atoms with Crippen LogP contribution in [0.25, 0.3) is 0 Å². The van der Waals surface area contributed by atoms with Crippen LogP contribution in [0.5, 0.6) is 5.75 Å². The van der Waals surface area contributed by atoms with Crippen molar-refractivity contribution in [1.82, 2.24) is 4.98 Å². The molecule has 0 N–H and O–H groups in total. The van der Waals surface area contributed by atoms with Crippen molar-refractivity contribution in [3.63, 3.8) is 0 Å². The number of ether oxygens (including phenoxy) is 1. The van der Waals surface area contributed by atoms with E-state index in [0.29, 0.717) is 12.1 Å². The molecular formula is C15H14ClNO2. The summed E-state index contributed by atoms with van der Waals surface area (Å²) in [7, 11) is 1.60. The van der Waals surface area contributed by atoms with Gasteiger partial charge in [-0.3, -0.25) is 9.78 Å². The van der Waals surface area contributed by atoms with E-state index in [-0.39, 0.29) is 5.78 Å². The van der Waals surface area contributed by atoms with Crippen LogP contribution in [0, 0.1) is 0 Å². The third-order valence-corrected chi connectivity index (χ3v) is 3.15. The average molecular weight is 276 g/mol. The lowest BCUT2D eigenvalue weighted by molar-refractivity contribution is 0.0982. The van der Waals surface area contributed by atoms with Gasteiger partial charge < -0.3 is 4.74 Å². The van der Waals surface area contributed by atoms with Crippen molar-refractivity contribution in [2.75, 3.05) is 7.11 Å². The van der Waals surface area contributed by atoms with Gasteiger partial charge in [0.1, 0.15) is 16.8 Å². The van der Waals surface area contributed by atoms with E-state index >= 15 is 0 Å². The number of hydrogen-bond acceptors (Lipinski definition) is 3. The first-order chi connectivity index (χ1) is 9.22. The van der Waals surface area contributed by atoms with Crippen LogP contribution in [0.4, 0.5) is 0 Å². The summed E-state index contributed by atoms with van der Waals surface area (Å²) >= 11 is 6.18. The fourth-order valence-corrected chi connectivity index (χ4v) is 2.10. The van der Waals surface area contributed by atoms with Gasteiger partial charge >= 0.3 is 0 Å². The zero-order valence-electron chi connectivity index (χ0n) is 10.5. The molecule has 0 saturated carbocycles. The van der Waals surface area contributed by atoms with E-state index in [4.69, 9.17) is 16.3 Å². The van der Waals surface area contributed by atoms with Crippen molar-refractivity contribution in [2.45, 2.75) is 11.8 Å². The van der Waals surface area contributed by atoms with Crippen molar-refractivity contribution in [2.24, 2.45) is 0 Å². The minimum Gasteiger partial charge on any atom is -0.496 e. The van der Waals surface area contributed by atoms with Crippen LogP contribution in [0.1, 0.15) is 16.1 Å². The summed E-state index contributed by atoms with van der Waals surface area (Å²) in [6.07, 6.45) is 2.00. The van der Waals surface area contributed by atoms with Gasteiger partial charge in [-0.1, -0.05) is 24.3 Å². The molecule has 0 saturated heterocycles. The Bertz CT molecular complexity index is 557. The number of carbonyl (C=O) groups excluding carboxylic acids is 1. The van der Waals surface area contributed by atoms with Crippen molar-refractivity contribution >= 4 is 17.4 Å². The number of Topliss-reactive ketones (excluding diaryl/α,β-unsaturated/α-hetero) is 1. The zero-order valence-corrected chi connectivity index (χ0v) is 11.3. The highest BCUT2D eigenvalue weighted by Gasteiger charge is 2.20. The van der Waals surface area contributed by atoms with Crippen LogP contribution in [-0.2, 0) is 6.42 Å². The zero-order chi connectivity index (χ0) is 13.7. The molecule has 0 spiro atoms. The number of halogens is 1. The maximum absolute atomic E-state index is 12.1. The topological polar surface area (TPSA) is 39.2 Å². The summed E-state index contributed by atoms with van der Waals surface area (Å²) in [4.78, 5) is 16.1. The van der Waals surface area contributed by atoms with Gasteiger partial charge in [0.05, 0.1) is 7.11 Å². The largest absolute Gasteiger partial charge is 0.496 e. The number of carbonyl (C=O) groups is 1. The molecule has 98 valence electrons. The van der Waals surface area contributed by atoms with Crippen LogP contribution < -0.4 is 4.74 Å². The first-order valence-corrected chi connectivity index (χ1v) is 6.37. The molecule has 3 nitrogen and oxygen atoms in total. The number of rotatable bonds is 5. The normalized spacial score (nSPS) is 11.9. The number of aromatic nitrogens is 1. The lowest BCUT2D eigenvalue weighted by Crippen LogP contribution is -2.18. The molecule has 0 fully saturated rings. The molecule has 1 heterocycles. The van der Waals surface area contributed by atoms with Gasteiger partial charge in [-0.25, -0.2) is 0 Å². The van der Waals surface area contributed by atoms with E-state index < -0.39 is 5.38 Å². The van der Waals surface area contributed by atoms with Crippen molar-refractivity contribution in [3.8, 4) is 5.75 Å². The summed E-state index contributed by atoms with van der Waals surface area (Å²) in [6, 6.07) is 12.7. The number of methoxy groups -OCH3 is 1. The molecule has 1 atom stereocenters. The number of ketones is 1. The van der Waals surface area contributed by atoms with Crippen LogP contribution in [0.2, 0.25) is 0 Å². The van der Waals surface area contributed by atoms with E-state index in [1.807, 2.05) is 24.3 Å². The van der Waals surface area contributed by atoms with Gasteiger partial charge in [0.2, 0.25) is 0 Å². The molecule has 4 heteroatoms. The second-order valence-electron chi connectivity index (χ2n) is 4.06. The number of benzene rings is 1. The summed E-state index contributed by atoms with van der Waals surface area (Å²) < 4.78 is 5.25. The van der Waals surface area contributed by atoms with E-state index in [2.05, 4.69) is 4.98 Å². The smallest absolute Gasteiger partial charge is 0.199 e. The monoisotopic (exact) mass is 275 g/mol. The van der Waals surface area contributed by atoms with Crippen LogP contribution >= 0.6 is 11.6 Å². The Labute approximate surface area is 117 Å². The van der Waals surface area contributed by atoms with Crippen molar-refractivity contribution in [1.29, 1.82) is 0 Å². The minimum absolute atomic E-state index is 0.173. The van der Waals surface area contributed by atoms with Crippen molar-refractivity contribution < 1.29 is 9.53 Å². The fourth-order valence-electron chi connectivity index (χ4n) is 1.83.